The number of hydrogen-bond donors (Lipinski definition) is 0. The first-order valence-corrected chi connectivity index (χ1v) is 13.3. The number of rotatable bonds is 3. The van der Waals surface area contributed by atoms with Crippen molar-refractivity contribution in [1.82, 2.24) is 0 Å². The van der Waals surface area contributed by atoms with Crippen molar-refractivity contribution in [2.75, 3.05) is 0 Å². The second kappa shape index (κ2) is 11.4. The lowest BCUT2D eigenvalue weighted by Gasteiger charge is -2.16. The van der Waals surface area contributed by atoms with Crippen molar-refractivity contribution >= 4 is 0 Å². The third-order valence-corrected chi connectivity index (χ3v) is 8.64. The van der Waals surface area contributed by atoms with E-state index in [-0.39, 0.29) is 0 Å². The van der Waals surface area contributed by atoms with Crippen LogP contribution in [0.25, 0.3) is 11.1 Å². The van der Waals surface area contributed by atoms with Gasteiger partial charge in [-0.2, -0.15) is 0 Å². The third kappa shape index (κ3) is 5.82. The Kier molecular flexibility index (Phi) is 8.69. The molecule has 0 amide bonds. The lowest BCUT2D eigenvalue weighted by Crippen LogP contribution is -1.96. The summed E-state index contributed by atoms with van der Waals surface area (Å²) in [6.45, 7) is 26.0. The van der Waals surface area contributed by atoms with Crippen molar-refractivity contribution in [3.63, 3.8) is 0 Å². The Morgan fingerprint density at radius 3 is 0.892 bits per heavy atom. The second-order valence-electron chi connectivity index (χ2n) is 10.7. The van der Waals surface area contributed by atoms with Gasteiger partial charge in [0.05, 0.1) is 0 Å². The molecule has 1 heteroatoms. The molecule has 1 nitrogen and oxygen atoms in total. The smallest absolute Gasteiger partial charge is 0.130 e. The van der Waals surface area contributed by atoms with E-state index in [1.165, 1.54) is 77.9 Å². The van der Waals surface area contributed by atoms with Crippen LogP contribution in [0, 0.1) is 83.1 Å². The summed E-state index contributed by atoms with van der Waals surface area (Å²) in [7, 11) is 0. The van der Waals surface area contributed by atoms with Gasteiger partial charge in [-0.15, -0.1) is 0 Å². The van der Waals surface area contributed by atoms with E-state index in [2.05, 4.69) is 132 Å². The molecular weight excluding hydrogens is 448 g/mol. The molecular formula is C36H44O. The highest BCUT2D eigenvalue weighted by Gasteiger charge is 2.11. The number of hydrogen-bond acceptors (Lipinski definition) is 1. The summed E-state index contributed by atoms with van der Waals surface area (Å²) < 4.78 is 6.11. The van der Waals surface area contributed by atoms with Crippen LogP contribution in [0.5, 0.6) is 11.5 Å². The van der Waals surface area contributed by atoms with E-state index in [0.717, 1.165) is 11.5 Å². The quantitative estimate of drug-likeness (QED) is 0.276. The van der Waals surface area contributed by atoms with E-state index in [9.17, 15) is 0 Å². The molecule has 0 spiro atoms. The van der Waals surface area contributed by atoms with Gasteiger partial charge < -0.3 is 4.74 Å². The topological polar surface area (TPSA) is 9.23 Å². The molecule has 0 radical (unpaired) electrons. The predicted octanol–water partition coefficient (Wildman–Crippen LogP) is 10.5. The maximum atomic E-state index is 6.11. The SMILES string of the molecule is Cc1ccc(-c2ccc(C)c(C)c2C)c(C)c1C.Cc1ccc(Oc2ccc(C)c(C)c2C)c(C)c1C. The van der Waals surface area contributed by atoms with Gasteiger partial charge >= 0.3 is 0 Å². The summed E-state index contributed by atoms with van der Waals surface area (Å²) in [5.41, 5.74) is 18.8. The molecule has 0 aliphatic heterocycles. The average molecular weight is 493 g/mol. The summed E-state index contributed by atoms with van der Waals surface area (Å²) in [5.74, 6) is 1.91. The van der Waals surface area contributed by atoms with Crippen molar-refractivity contribution in [3.8, 4) is 22.6 Å². The van der Waals surface area contributed by atoms with Crippen LogP contribution < -0.4 is 4.74 Å². The molecule has 4 aromatic carbocycles. The second-order valence-corrected chi connectivity index (χ2v) is 10.7. The highest BCUT2D eigenvalue weighted by atomic mass is 16.5. The van der Waals surface area contributed by atoms with Gasteiger partial charge in [0.15, 0.2) is 0 Å². The lowest BCUT2D eigenvalue weighted by molar-refractivity contribution is 0.474. The van der Waals surface area contributed by atoms with E-state index in [1.807, 2.05) is 0 Å². The minimum Gasteiger partial charge on any atom is -0.457 e. The summed E-state index contributed by atoms with van der Waals surface area (Å²) in [4.78, 5) is 0. The first kappa shape index (κ1) is 28.3. The van der Waals surface area contributed by atoms with Crippen LogP contribution in [0.15, 0.2) is 48.5 Å². The molecule has 0 bridgehead atoms. The molecule has 0 heterocycles. The van der Waals surface area contributed by atoms with Crippen molar-refractivity contribution in [3.05, 3.63) is 115 Å². The number of benzene rings is 4. The van der Waals surface area contributed by atoms with Crippen molar-refractivity contribution in [2.45, 2.75) is 83.1 Å². The van der Waals surface area contributed by atoms with E-state index >= 15 is 0 Å². The fourth-order valence-electron chi connectivity index (χ4n) is 4.70. The molecule has 0 aliphatic carbocycles. The van der Waals surface area contributed by atoms with Gasteiger partial charge in [0.2, 0.25) is 0 Å². The minimum absolute atomic E-state index is 0.953. The average Bonchev–Trinajstić information content (AvgIpc) is 2.87. The number of ether oxygens (including phenoxy) is 1. The highest BCUT2D eigenvalue weighted by Crippen LogP contribution is 2.33. The van der Waals surface area contributed by atoms with Gasteiger partial charge in [-0.05, 0) is 173 Å². The van der Waals surface area contributed by atoms with Crippen LogP contribution in [0.1, 0.15) is 66.8 Å². The van der Waals surface area contributed by atoms with E-state index in [4.69, 9.17) is 4.74 Å². The first-order chi connectivity index (χ1) is 17.3. The molecule has 194 valence electrons. The van der Waals surface area contributed by atoms with E-state index < -0.39 is 0 Å². The molecule has 0 unspecified atom stereocenters. The van der Waals surface area contributed by atoms with Gasteiger partial charge in [-0.25, -0.2) is 0 Å². The fourth-order valence-corrected chi connectivity index (χ4v) is 4.70. The summed E-state index contributed by atoms with van der Waals surface area (Å²) >= 11 is 0. The summed E-state index contributed by atoms with van der Waals surface area (Å²) in [6.07, 6.45) is 0. The van der Waals surface area contributed by atoms with E-state index in [1.54, 1.807) is 0 Å². The molecule has 0 N–H and O–H groups in total. The summed E-state index contributed by atoms with van der Waals surface area (Å²) in [5, 5.41) is 0. The molecule has 4 aromatic rings. The Balaban J connectivity index is 0.000000206. The van der Waals surface area contributed by atoms with E-state index in [0.29, 0.717) is 0 Å². The van der Waals surface area contributed by atoms with Gasteiger partial charge in [-0.3, -0.25) is 0 Å². The monoisotopic (exact) mass is 492 g/mol. The van der Waals surface area contributed by atoms with Crippen LogP contribution in [0.4, 0.5) is 0 Å². The van der Waals surface area contributed by atoms with Crippen LogP contribution in [0.3, 0.4) is 0 Å². The van der Waals surface area contributed by atoms with Gasteiger partial charge in [-0.1, -0.05) is 36.4 Å². The maximum Gasteiger partial charge on any atom is 0.130 e. The Morgan fingerprint density at radius 1 is 0.297 bits per heavy atom. The normalized spacial score (nSPS) is 10.7. The minimum atomic E-state index is 0.953. The molecule has 4 rings (SSSR count). The van der Waals surface area contributed by atoms with Gasteiger partial charge in [0, 0.05) is 0 Å². The Morgan fingerprint density at radius 2 is 0.568 bits per heavy atom. The Labute approximate surface area is 225 Å². The lowest BCUT2D eigenvalue weighted by atomic mass is 9.89. The van der Waals surface area contributed by atoms with Gasteiger partial charge in [0.1, 0.15) is 11.5 Å². The first-order valence-electron chi connectivity index (χ1n) is 13.3. The highest BCUT2D eigenvalue weighted by molar-refractivity contribution is 5.73. The standard InChI is InChI=1S/C18H22O.C18H22/c1-11-7-9-17(15(5)13(11)3)19-18-10-8-12(2)14(4)16(18)6;1-11-7-9-17(15(5)13(11)3)18-10-8-12(2)14(4)16(18)6/h7-10H,1-6H3;7-10H,1-6H3. The third-order valence-electron chi connectivity index (χ3n) is 8.64. The Bertz CT molecular complexity index is 1340. The molecule has 0 atom stereocenters. The molecule has 37 heavy (non-hydrogen) atoms. The summed E-state index contributed by atoms with van der Waals surface area (Å²) in [6, 6.07) is 17.3. The fraction of sp³-hybridized carbons (Fsp3) is 0.333. The molecule has 0 fully saturated rings. The van der Waals surface area contributed by atoms with Crippen molar-refractivity contribution in [2.24, 2.45) is 0 Å². The van der Waals surface area contributed by atoms with Crippen molar-refractivity contribution in [1.29, 1.82) is 0 Å². The van der Waals surface area contributed by atoms with Crippen LogP contribution in [-0.4, -0.2) is 0 Å². The zero-order valence-electron chi connectivity index (χ0n) is 25.0. The molecule has 0 saturated carbocycles. The molecule has 0 saturated heterocycles. The van der Waals surface area contributed by atoms with Crippen LogP contribution in [-0.2, 0) is 0 Å². The van der Waals surface area contributed by atoms with Gasteiger partial charge in [0.25, 0.3) is 0 Å². The predicted molar refractivity (Wildman–Crippen MR) is 162 cm³/mol. The molecule has 0 aromatic heterocycles. The van der Waals surface area contributed by atoms with Crippen molar-refractivity contribution < 1.29 is 4.74 Å². The zero-order chi connectivity index (χ0) is 27.6. The zero-order valence-corrected chi connectivity index (χ0v) is 25.0. The maximum absolute atomic E-state index is 6.11. The van der Waals surface area contributed by atoms with Crippen LogP contribution in [0.2, 0.25) is 0 Å². The van der Waals surface area contributed by atoms with Crippen LogP contribution >= 0.6 is 0 Å². The largest absolute Gasteiger partial charge is 0.457 e. The Hall–Kier alpha value is -3.32. The number of aryl methyl sites for hydroxylation is 4. The molecule has 0 aliphatic rings.